The van der Waals surface area contributed by atoms with E-state index in [4.69, 9.17) is 11.6 Å². The van der Waals surface area contributed by atoms with Gasteiger partial charge in [-0.3, -0.25) is 0 Å². The first kappa shape index (κ1) is 12.0. The summed E-state index contributed by atoms with van der Waals surface area (Å²) in [5, 5.41) is -0.608. The molecule has 2 aromatic rings. The van der Waals surface area contributed by atoms with Crippen molar-refractivity contribution < 1.29 is 13.2 Å². The molecule has 0 atom stereocenters. The first-order valence-corrected chi connectivity index (χ1v) is 5.29. The Morgan fingerprint density at radius 1 is 0.941 bits per heavy atom. The molecule has 0 bridgehead atoms. The van der Waals surface area contributed by atoms with Gasteiger partial charge in [0.1, 0.15) is 16.7 Å². The molecule has 17 heavy (non-hydrogen) atoms. The molecule has 2 aromatic carbocycles. The van der Waals surface area contributed by atoms with Crippen LogP contribution in [-0.2, 0) is 0 Å². The van der Waals surface area contributed by atoms with Gasteiger partial charge in [-0.05, 0) is 24.6 Å². The molecule has 0 aliphatic carbocycles. The minimum absolute atomic E-state index is 0.0352. The Bertz CT molecular complexity index is 579. The molecule has 0 unspecified atom stereocenters. The molecule has 0 fully saturated rings. The highest BCUT2D eigenvalue weighted by Gasteiger charge is 2.17. The zero-order valence-electron chi connectivity index (χ0n) is 8.90. The summed E-state index contributed by atoms with van der Waals surface area (Å²) >= 11 is 5.52. The van der Waals surface area contributed by atoms with E-state index in [-0.39, 0.29) is 16.7 Å². The van der Waals surface area contributed by atoms with Crippen LogP contribution < -0.4 is 0 Å². The van der Waals surface area contributed by atoms with Crippen LogP contribution in [0, 0.1) is 24.4 Å². The summed E-state index contributed by atoms with van der Waals surface area (Å²) in [6.07, 6.45) is 0. The van der Waals surface area contributed by atoms with Gasteiger partial charge in [0, 0.05) is 11.1 Å². The maximum atomic E-state index is 13.8. The van der Waals surface area contributed by atoms with Crippen LogP contribution in [0.4, 0.5) is 13.2 Å². The third-order valence-corrected chi connectivity index (χ3v) is 2.82. The highest BCUT2D eigenvalue weighted by molar-refractivity contribution is 6.31. The van der Waals surface area contributed by atoms with Crippen LogP contribution in [0.3, 0.4) is 0 Å². The largest absolute Gasteiger partial charge is 0.206 e. The van der Waals surface area contributed by atoms with E-state index in [2.05, 4.69) is 0 Å². The Hall–Kier alpha value is -1.48. The van der Waals surface area contributed by atoms with Gasteiger partial charge in [0.2, 0.25) is 0 Å². The third-order valence-electron chi connectivity index (χ3n) is 2.49. The smallest absolute Gasteiger partial charge is 0.152 e. The minimum atomic E-state index is -0.945. The maximum Gasteiger partial charge on any atom is 0.152 e. The second kappa shape index (κ2) is 4.41. The lowest BCUT2D eigenvalue weighted by atomic mass is 10.0. The summed E-state index contributed by atoms with van der Waals surface area (Å²) < 4.78 is 40.6. The average molecular weight is 257 g/mol. The molecule has 0 N–H and O–H groups in total. The average Bonchev–Trinajstić information content (AvgIpc) is 2.32. The van der Waals surface area contributed by atoms with Gasteiger partial charge in [0.05, 0.1) is 0 Å². The van der Waals surface area contributed by atoms with E-state index < -0.39 is 22.5 Å². The first-order chi connectivity index (χ1) is 8.02. The Labute approximate surface area is 102 Å². The van der Waals surface area contributed by atoms with E-state index in [9.17, 15) is 13.2 Å². The third kappa shape index (κ3) is 2.03. The molecule has 4 heteroatoms. The molecule has 0 heterocycles. The lowest BCUT2D eigenvalue weighted by Crippen LogP contribution is -1.95. The van der Waals surface area contributed by atoms with Crippen LogP contribution >= 0.6 is 11.6 Å². The highest BCUT2D eigenvalue weighted by Crippen LogP contribution is 2.32. The predicted molar refractivity (Wildman–Crippen MR) is 61.5 cm³/mol. The fraction of sp³-hybridized carbons (Fsp3) is 0.0769. The molecular formula is C13H8ClF3. The second-order valence-corrected chi connectivity index (χ2v) is 4.04. The molecule has 0 saturated carbocycles. The summed E-state index contributed by atoms with van der Waals surface area (Å²) in [7, 11) is 0. The van der Waals surface area contributed by atoms with E-state index in [1.54, 1.807) is 6.07 Å². The van der Waals surface area contributed by atoms with Crippen molar-refractivity contribution in [1.82, 2.24) is 0 Å². The lowest BCUT2D eigenvalue weighted by Gasteiger charge is -2.09. The van der Waals surface area contributed by atoms with Crippen LogP contribution in [0.2, 0.25) is 5.02 Å². The molecule has 0 spiro atoms. The summed E-state index contributed by atoms with van der Waals surface area (Å²) in [6.45, 7) is 1.45. The monoisotopic (exact) mass is 256 g/mol. The van der Waals surface area contributed by atoms with Crippen molar-refractivity contribution >= 4 is 11.6 Å². The number of hydrogen-bond donors (Lipinski definition) is 0. The lowest BCUT2D eigenvalue weighted by molar-refractivity contribution is 0.578. The fourth-order valence-corrected chi connectivity index (χ4v) is 1.86. The Morgan fingerprint density at radius 2 is 1.59 bits per heavy atom. The second-order valence-electron chi connectivity index (χ2n) is 3.66. The van der Waals surface area contributed by atoms with Crippen molar-refractivity contribution in [2.45, 2.75) is 6.92 Å². The van der Waals surface area contributed by atoms with Crippen LogP contribution in [0.5, 0.6) is 0 Å². The highest BCUT2D eigenvalue weighted by atomic mass is 35.5. The van der Waals surface area contributed by atoms with E-state index in [1.165, 1.54) is 31.2 Å². The summed E-state index contributed by atoms with van der Waals surface area (Å²) in [4.78, 5) is 0. The first-order valence-electron chi connectivity index (χ1n) is 4.91. The summed E-state index contributed by atoms with van der Waals surface area (Å²) in [6, 6.07) is 6.94. The summed E-state index contributed by atoms with van der Waals surface area (Å²) in [5.41, 5.74) is 0.205. The SMILES string of the molecule is Cc1cc(-c2ccccc2F)c(F)c(Cl)c1F. The molecule has 0 aliphatic heterocycles. The van der Waals surface area contributed by atoms with Gasteiger partial charge in [-0.25, -0.2) is 13.2 Å². The number of aryl methyl sites for hydroxylation is 1. The molecule has 0 radical (unpaired) electrons. The van der Waals surface area contributed by atoms with Gasteiger partial charge in [0.15, 0.2) is 5.82 Å². The van der Waals surface area contributed by atoms with Gasteiger partial charge < -0.3 is 0 Å². The Morgan fingerprint density at radius 3 is 2.24 bits per heavy atom. The number of halogens is 4. The van der Waals surface area contributed by atoms with E-state index in [1.807, 2.05) is 0 Å². The van der Waals surface area contributed by atoms with Crippen LogP contribution in [-0.4, -0.2) is 0 Å². The molecule has 0 saturated heterocycles. The van der Waals surface area contributed by atoms with Crippen molar-refractivity contribution in [3.05, 3.63) is 58.4 Å². The van der Waals surface area contributed by atoms with E-state index in [0.29, 0.717) is 0 Å². The van der Waals surface area contributed by atoms with Crippen molar-refractivity contribution in [3.8, 4) is 11.1 Å². The molecule has 2 rings (SSSR count). The summed E-state index contributed by atoms with van der Waals surface area (Å²) in [5.74, 6) is -2.34. The maximum absolute atomic E-state index is 13.8. The molecule has 0 amide bonds. The van der Waals surface area contributed by atoms with Crippen molar-refractivity contribution in [1.29, 1.82) is 0 Å². The topological polar surface area (TPSA) is 0 Å². The van der Waals surface area contributed by atoms with Crippen molar-refractivity contribution in [2.75, 3.05) is 0 Å². The molecular weight excluding hydrogens is 249 g/mol. The van der Waals surface area contributed by atoms with E-state index in [0.717, 1.165) is 0 Å². The molecule has 88 valence electrons. The van der Waals surface area contributed by atoms with Gasteiger partial charge in [-0.1, -0.05) is 29.8 Å². The normalized spacial score (nSPS) is 10.6. The van der Waals surface area contributed by atoms with Gasteiger partial charge in [-0.2, -0.15) is 0 Å². The molecule has 0 aliphatic rings. The Kier molecular flexibility index (Phi) is 3.11. The van der Waals surface area contributed by atoms with Gasteiger partial charge >= 0.3 is 0 Å². The predicted octanol–water partition coefficient (Wildman–Crippen LogP) is 4.73. The van der Waals surface area contributed by atoms with E-state index >= 15 is 0 Å². The standard InChI is InChI=1S/C13H8ClF3/c1-7-6-9(13(17)11(14)12(7)16)8-4-2-3-5-10(8)15/h2-6H,1H3. The molecule has 0 nitrogen and oxygen atoms in total. The zero-order chi connectivity index (χ0) is 12.6. The van der Waals surface area contributed by atoms with Crippen LogP contribution in [0.1, 0.15) is 5.56 Å². The zero-order valence-corrected chi connectivity index (χ0v) is 9.65. The van der Waals surface area contributed by atoms with Gasteiger partial charge in [-0.15, -0.1) is 0 Å². The number of benzene rings is 2. The Balaban J connectivity index is 2.73. The van der Waals surface area contributed by atoms with Crippen LogP contribution in [0.25, 0.3) is 11.1 Å². The molecule has 0 aromatic heterocycles. The van der Waals surface area contributed by atoms with Crippen molar-refractivity contribution in [3.63, 3.8) is 0 Å². The fourth-order valence-electron chi connectivity index (χ4n) is 1.61. The number of rotatable bonds is 1. The van der Waals surface area contributed by atoms with Crippen LogP contribution in [0.15, 0.2) is 30.3 Å². The minimum Gasteiger partial charge on any atom is -0.206 e. The quantitative estimate of drug-likeness (QED) is 0.647. The number of hydrogen-bond acceptors (Lipinski definition) is 0. The van der Waals surface area contributed by atoms with Crippen molar-refractivity contribution in [2.24, 2.45) is 0 Å². The van der Waals surface area contributed by atoms with Gasteiger partial charge in [0.25, 0.3) is 0 Å².